The Morgan fingerprint density at radius 3 is 3.19 bits per heavy atom. The van der Waals surface area contributed by atoms with Crippen LogP contribution in [0.1, 0.15) is 41.7 Å². The Labute approximate surface area is 135 Å². The maximum atomic E-state index is 6.30. The Morgan fingerprint density at radius 1 is 1.48 bits per heavy atom. The van der Waals surface area contributed by atoms with Crippen molar-refractivity contribution in [2.75, 3.05) is 6.54 Å². The summed E-state index contributed by atoms with van der Waals surface area (Å²) in [5, 5.41) is 6.71. The van der Waals surface area contributed by atoms with E-state index in [4.69, 9.17) is 11.6 Å². The number of aromatic nitrogens is 1. The predicted octanol–water partition coefficient (Wildman–Crippen LogP) is 4.44. The zero-order valence-corrected chi connectivity index (χ0v) is 13.9. The Hall–Kier alpha value is -0.900. The molecule has 1 N–H and O–H groups in total. The molecular weight excluding hydrogens is 300 g/mol. The predicted molar refractivity (Wildman–Crippen MR) is 90.4 cm³/mol. The van der Waals surface area contributed by atoms with Crippen LogP contribution >= 0.6 is 22.9 Å². The van der Waals surface area contributed by atoms with Gasteiger partial charge in [-0.05, 0) is 60.9 Å². The van der Waals surface area contributed by atoms with Crippen molar-refractivity contribution in [3.8, 4) is 0 Å². The summed E-state index contributed by atoms with van der Waals surface area (Å²) in [7, 11) is 0. The molecule has 0 aromatic carbocycles. The minimum Gasteiger partial charge on any atom is -0.313 e. The summed E-state index contributed by atoms with van der Waals surface area (Å²) in [5.74, 6) is 0.601. The molecule has 0 radical (unpaired) electrons. The summed E-state index contributed by atoms with van der Waals surface area (Å²) in [6.45, 7) is 3.17. The van der Waals surface area contributed by atoms with Crippen LogP contribution in [-0.4, -0.2) is 17.6 Å². The molecule has 21 heavy (non-hydrogen) atoms. The van der Waals surface area contributed by atoms with Gasteiger partial charge in [0.05, 0.1) is 5.02 Å². The lowest BCUT2D eigenvalue weighted by atomic mass is 9.80. The van der Waals surface area contributed by atoms with Gasteiger partial charge in [-0.15, -0.1) is 11.3 Å². The van der Waals surface area contributed by atoms with Crippen molar-refractivity contribution in [2.45, 2.75) is 44.6 Å². The number of fused-ring (bicyclic) bond motifs is 1. The Morgan fingerprint density at radius 2 is 2.38 bits per heavy atom. The van der Waals surface area contributed by atoms with Gasteiger partial charge in [0.2, 0.25) is 0 Å². The maximum Gasteiger partial charge on any atom is 0.0621 e. The first kappa shape index (κ1) is 15.0. The van der Waals surface area contributed by atoms with Crippen LogP contribution in [0.25, 0.3) is 0 Å². The summed E-state index contributed by atoms with van der Waals surface area (Å²) >= 11 is 8.21. The Kier molecular flexibility index (Phi) is 4.94. The van der Waals surface area contributed by atoms with Crippen LogP contribution in [0, 0.1) is 0 Å². The quantitative estimate of drug-likeness (QED) is 0.881. The lowest BCUT2D eigenvalue weighted by molar-refractivity contribution is 0.398. The molecule has 0 spiro atoms. The second-order valence-electron chi connectivity index (χ2n) is 5.63. The van der Waals surface area contributed by atoms with E-state index in [0.29, 0.717) is 12.0 Å². The van der Waals surface area contributed by atoms with Gasteiger partial charge in [0, 0.05) is 29.2 Å². The summed E-state index contributed by atoms with van der Waals surface area (Å²) in [4.78, 5) is 5.67. The van der Waals surface area contributed by atoms with Crippen LogP contribution in [0.15, 0.2) is 29.9 Å². The fraction of sp³-hybridized carbons (Fsp3) is 0.471. The van der Waals surface area contributed by atoms with E-state index in [-0.39, 0.29) is 0 Å². The number of nitrogens with zero attached hydrogens (tertiary/aromatic N) is 1. The van der Waals surface area contributed by atoms with Gasteiger partial charge in [0.25, 0.3) is 0 Å². The molecule has 0 amide bonds. The zero-order valence-electron chi connectivity index (χ0n) is 12.3. The van der Waals surface area contributed by atoms with E-state index in [1.54, 1.807) is 16.6 Å². The van der Waals surface area contributed by atoms with Crippen molar-refractivity contribution in [3.05, 3.63) is 50.9 Å². The van der Waals surface area contributed by atoms with Crippen molar-refractivity contribution in [3.63, 3.8) is 0 Å². The maximum absolute atomic E-state index is 6.30. The van der Waals surface area contributed by atoms with Crippen molar-refractivity contribution in [1.29, 1.82) is 0 Å². The molecule has 2 unspecified atom stereocenters. The third-order valence-electron chi connectivity index (χ3n) is 4.35. The smallest absolute Gasteiger partial charge is 0.0621 e. The number of rotatable bonds is 5. The molecule has 0 bridgehead atoms. The molecule has 2 nitrogen and oxygen atoms in total. The van der Waals surface area contributed by atoms with Gasteiger partial charge in [-0.1, -0.05) is 18.5 Å². The van der Waals surface area contributed by atoms with E-state index >= 15 is 0 Å². The van der Waals surface area contributed by atoms with Crippen LogP contribution < -0.4 is 5.32 Å². The van der Waals surface area contributed by atoms with E-state index in [2.05, 4.69) is 28.7 Å². The molecule has 1 aliphatic carbocycles. The SMILES string of the molecule is CCNC(Cc1ccncc1Cl)C1CCCc2sccc21. The lowest BCUT2D eigenvalue weighted by Gasteiger charge is -2.31. The second-order valence-corrected chi connectivity index (χ2v) is 7.04. The lowest BCUT2D eigenvalue weighted by Crippen LogP contribution is -2.38. The molecule has 4 heteroatoms. The topological polar surface area (TPSA) is 24.9 Å². The highest BCUT2D eigenvalue weighted by Crippen LogP contribution is 2.38. The molecule has 3 rings (SSSR count). The second kappa shape index (κ2) is 6.91. The molecule has 112 valence electrons. The van der Waals surface area contributed by atoms with Crippen LogP contribution in [0.5, 0.6) is 0 Å². The number of thiophene rings is 1. The third kappa shape index (κ3) is 3.31. The van der Waals surface area contributed by atoms with E-state index in [0.717, 1.165) is 18.0 Å². The van der Waals surface area contributed by atoms with Gasteiger partial charge in [0.15, 0.2) is 0 Å². The monoisotopic (exact) mass is 320 g/mol. The van der Waals surface area contributed by atoms with Gasteiger partial charge in [-0.25, -0.2) is 0 Å². The molecule has 2 atom stereocenters. The first-order valence-electron chi connectivity index (χ1n) is 7.67. The number of pyridine rings is 1. The molecule has 0 aliphatic heterocycles. The van der Waals surface area contributed by atoms with Crippen molar-refractivity contribution in [2.24, 2.45) is 0 Å². The fourth-order valence-corrected chi connectivity index (χ4v) is 4.56. The Bertz CT molecular complexity index is 596. The van der Waals surface area contributed by atoms with Crippen LogP contribution in [0.4, 0.5) is 0 Å². The minimum absolute atomic E-state index is 0.448. The third-order valence-corrected chi connectivity index (χ3v) is 5.68. The van der Waals surface area contributed by atoms with Gasteiger partial charge >= 0.3 is 0 Å². The molecular formula is C17H21ClN2S. The molecule has 0 saturated heterocycles. The number of hydrogen-bond donors (Lipinski definition) is 1. The highest BCUT2D eigenvalue weighted by atomic mass is 35.5. The molecule has 0 fully saturated rings. The van der Waals surface area contributed by atoms with Gasteiger partial charge in [-0.3, -0.25) is 4.98 Å². The number of likely N-dealkylation sites (N-methyl/N-ethyl adjacent to an activating group) is 1. The number of nitrogens with one attached hydrogen (secondary N) is 1. The molecule has 2 aromatic heterocycles. The van der Waals surface area contributed by atoms with Gasteiger partial charge in [0.1, 0.15) is 0 Å². The first-order valence-corrected chi connectivity index (χ1v) is 8.93. The van der Waals surface area contributed by atoms with Gasteiger partial charge in [-0.2, -0.15) is 0 Å². The molecule has 0 saturated carbocycles. The van der Waals surface area contributed by atoms with Crippen LogP contribution in [0.2, 0.25) is 5.02 Å². The molecule has 2 heterocycles. The normalized spacial score (nSPS) is 19.2. The Balaban J connectivity index is 1.84. The fourth-order valence-electron chi connectivity index (χ4n) is 3.37. The number of aryl methyl sites for hydroxylation is 1. The largest absolute Gasteiger partial charge is 0.313 e. The average molecular weight is 321 g/mol. The highest BCUT2D eigenvalue weighted by Gasteiger charge is 2.28. The summed E-state index contributed by atoms with van der Waals surface area (Å²) < 4.78 is 0. The van der Waals surface area contributed by atoms with Crippen molar-refractivity contribution >= 4 is 22.9 Å². The van der Waals surface area contributed by atoms with Gasteiger partial charge < -0.3 is 5.32 Å². The molecule has 2 aromatic rings. The van der Waals surface area contributed by atoms with Crippen molar-refractivity contribution < 1.29 is 0 Å². The summed E-state index contributed by atoms with van der Waals surface area (Å²) in [6, 6.07) is 4.82. The standard InChI is InChI=1S/C17H21ClN2S/c1-2-20-16(10-12-6-8-19-11-15(12)18)13-4-3-5-17-14(13)7-9-21-17/h6-9,11,13,16,20H,2-5,10H2,1H3. The molecule has 1 aliphatic rings. The van der Waals surface area contributed by atoms with E-state index in [1.165, 1.54) is 24.8 Å². The first-order chi connectivity index (χ1) is 10.3. The number of hydrogen-bond acceptors (Lipinski definition) is 3. The van der Waals surface area contributed by atoms with E-state index < -0.39 is 0 Å². The van der Waals surface area contributed by atoms with Crippen LogP contribution in [-0.2, 0) is 12.8 Å². The van der Waals surface area contributed by atoms with Crippen LogP contribution in [0.3, 0.4) is 0 Å². The highest BCUT2D eigenvalue weighted by molar-refractivity contribution is 7.10. The van der Waals surface area contributed by atoms with E-state index in [1.807, 2.05) is 23.6 Å². The zero-order chi connectivity index (χ0) is 14.7. The average Bonchev–Trinajstić information content (AvgIpc) is 2.97. The van der Waals surface area contributed by atoms with E-state index in [9.17, 15) is 0 Å². The summed E-state index contributed by atoms with van der Waals surface area (Å²) in [5.41, 5.74) is 2.75. The minimum atomic E-state index is 0.448. The number of halogens is 1. The van der Waals surface area contributed by atoms with Crippen molar-refractivity contribution in [1.82, 2.24) is 10.3 Å². The summed E-state index contributed by atoms with van der Waals surface area (Å²) in [6.07, 6.45) is 8.36.